The number of benzene rings is 3. The van der Waals surface area contributed by atoms with E-state index in [1.165, 1.54) is 4.90 Å². The van der Waals surface area contributed by atoms with Gasteiger partial charge in [0.2, 0.25) is 11.8 Å². The molecule has 1 saturated heterocycles. The Morgan fingerprint density at radius 1 is 0.917 bits per heavy atom. The van der Waals surface area contributed by atoms with Gasteiger partial charge in [-0.05, 0) is 22.3 Å². The van der Waals surface area contributed by atoms with E-state index in [4.69, 9.17) is 10.5 Å². The van der Waals surface area contributed by atoms with E-state index >= 15 is 0 Å². The average Bonchev–Trinajstić information content (AvgIpc) is 3.30. The predicted octanol–water partition coefficient (Wildman–Crippen LogP) is 2.64. The number of β-amino-alcohol motifs (C(OH)–C–C–N with tert-alkyl or cyclic N) is 1. The Bertz CT molecular complexity index is 1180. The number of amides is 3. The first-order valence-electron chi connectivity index (χ1n) is 11.8. The van der Waals surface area contributed by atoms with Crippen LogP contribution in [-0.4, -0.2) is 52.6 Å². The van der Waals surface area contributed by atoms with E-state index in [0.717, 1.165) is 22.3 Å². The van der Waals surface area contributed by atoms with E-state index in [1.807, 2.05) is 84.9 Å². The van der Waals surface area contributed by atoms with Crippen molar-refractivity contribution in [2.24, 2.45) is 5.73 Å². The molecule has 0 saturated carbocycles. The lowest BCUT2D eigenvalue weighted by Gasteiger charge is -2.25. The number of nitrogens with zero attached hydrogens (tertiary/aromatic N) is 1. The summed E-state index contributed by atoms with van der Waals surface area (Å²) < 4.78 is 5.34. The first-order valence-corrected chi connectivity index (χ1v) is 11.8. The molecule has 1 aliphatic rings. The van der Waals surface area contributed by atoms with Crippen molar-refractivity contribution in [1.82, 2.24) is 10.2 Å². The number of aliphatic hydroxyl groups is 1. The minimum Gasteiger partial charge on any atom is -0.445 e. The summed E-state index contributed by atoms with van der Waals surface area (Å²) in [5.41, 5.74) is 9.31. The number of carbonyl (C=O) groups excluding carboxylic acids is 3. The van der Waals surface area contributed by atoms with Crippen molar-refractivity contribution in [1.29, 1.82) is 0 Å². The van der Waals surface area contributed by atoms with Crippen LogP contribution in [0.5, 0.6) is 0 Å². The van der Waals surface area contributed by atoms with Crippen molar-refractivity contribution >= 4 is 17.9 Å². The van der Waals surface area contributed by atoms with Gasteiger partial charge in [-0.25, -0.2) is 4.79 Å². The van der Waals surface area contributed by atoms with Gasteiger partial charge in [0.15, 0.2) is 0 Å². The predicted molar refractivity (Wildman–Crippen MR) is 134 cm³/mol. The third kappa shape index (κ3) is 6.28. The Morgan fingerprint density at radius 2 is 1.53 bits per heavy atom. The van der Waals surface area contributed by atoms with Gasteiger partial charge in [0.05, 0.1) is 12.6 Å². The van der Waals surface area contributed by atoms with Gasteiger partial charge in [0.1, 0.15) is 18.7 Å². The summed E-state index contributed by atoms with van der Waals surface area (Å²) in [5, 5.41) is 12.8. The highest BCUT2D eigenvalue weighted by Gasteiger charge is 2.40. The Balaban J connectivity index is 1.38. The van der Waals surface area contributed by atoms with Crippen molar-refractivity contribution in [3.8, 4) is 11.1 Å². The smallest absolute Gasteiger partial charge is 0.410 e. The fourth-order valence-electron chi connectivity index (χ4n) is 4.26. The molecule has 1 aliphatic heterocycles. The summed E-state index contributed by atoms with van der Waals surface area (Å²) in [5.74, 6) is -1.25. The molecule has 4 N–H and O–H groups in total. The largest absolute Gasteiger partial charge is 0.445 e. The molecular weight excluding hydrogens is 458 g/mol. The molecule has 186 valence electrons. The maximum Gasteiger partial charge on any atom is 0.410 e. The van der Waals surface area contributed by atoms with Gasteiger partial charge >= 0.3 is 6.09 Å². The quantitative estimate of drug-likeness (QED) is 0.451. The third-order valence-corrected chi connectivity index (χ3v) is 6.18. The van der Waals surface area contributed by atoms with Crippen LogP contribution in [0.1, 0.15) is 17.5 Å². The molecule has 3 amide bonds. The third-order valence-electron chi connectivity index (χ3n) is 6.18. The van der Waals surface area contributed by atoms with Crippen molar-refractivity contribution < 1.29 is 24.2 Å². The summed E-state index contributed by atoms with van der Waals surface area (Å²) >= 11 is 0. The number of hydrogen-bond acceptors (Lipinski definition) is 5. The fourth-order valence-corrected chi connectivity index (χ4v) is 4.26. The Labute approximate surface area is 209 Å². The van der Waals surface area contributed by atoms with Crippen LogP contribution < -0.4 is 11.1 Å². The summed E-state index contributed by atoms with van der Waals surface area (Å²) in [7, 11) is 0. The Morgan fingerprint density at radius 3 is 2.17 bits per heavy atom. The van der Waals surface area contributed by atoms with Crippen molar-refractivity contribution in [2.45, 2.75) is 37.6 Å². The lowest BCUT2D eigenvalue weighted by atomic mass is 10.00. The van der Waals surface area contributed by atoms with Crippen molar-refractivity contribution in [3.63, 3.8) is 0 Å². The first kappa shape index (κ1) is 24.9. The zero-order valence-corrected chi connectivity index (χ0v) is 19.7. The second kappa shape index (κ2) is 11.5. The number of carbonyl (C=O) groups is 3. The van der Waals surface area contributed by atoms with Crippen molar-refractivity contribution in [2.75, 3.05) is 6.54 Å². The molecule has 3 aromatic carbocycles. The lowest BCUT2D eigenvalue weighted by molar-refractivity contribution is -0.130. The van der Waals surface area contributed by atoms with Crippen LogP contribution in [0.2, 0.25) is 0 Å². The average molecular weight is 488 g/mol. The number of likely N-dealkylation sites (tertiary alicyclic amines) is 1. The van der Waals surface area contributed by atoms with E-state index in [1.54, 1.807) is 0 Å². The molecule has 3 aromatic rings. The second-order valence-electron chi connectivity index (χ2n) is 8.83. The summed E-state index contributed by atoms with van der Waals surface area (Å²) in [4.78, 5) is 39.0. The van der Waals surface area contributed by atoms with Crippen LogP contribution in [0.4, 0.5) is 4.79 Å². The monoisotopic (exact) mass is 487 g/mol. The van der Waals surface area contributed by atoms with E-state index in [2.05, 4.69) is 5.32 Å². The zero-order valence-electron chi connectivity index (χ0n) is 19.7. The molecule has 0 aromatic heterocycles. The molecule has 3 atom stereocenters. The highest BCUT2D eigenvalue weighted by atomic mass is 16.6. The maximum atomic E-state index is 13.0. The van der Waals surface area contributed by atoms with Gasteiger partial charge in [0.25, 0.3) is 0 Å². The molecule has 4 rings (SSSR count). The molecule has 36 heavy (non-hydrogen) atoms. The van der Waals surface area contributed by atoms with E-state index in [9.17, 15) is 19.5 Å². The van der Waals surface area contributed by atoms with Gasteiger partial charge < -0.3 is 20.9 Å². The molecule has 0 bridgehead atoms. The fraction of sp³-hybridized carbons (Fsp3) is 0.250. The van der Waals surface area contributed by atoms with Crippen LogP contribution in [0, 0.1) is 0 Å². The minimum absolute atomic E-state index is 0.0338. The standard InChI is InChI=1S/C28H29N3O5/c29-26(33)24(15-19-11-13-22(14-12-19)21-9-5-2-6-10-21)30-27(34)25-16-23(32)17-31(25)28(35)36-18-20-7-3-1-4-8-20/h1-14,23-25,32H,15-18H2,(H2,29,33)(H,30,34)/t23-,24-,25+/m1/s1. The summed E-state index contributed by atoms with van der Waals surface area (Å²) in [6.45, 7) is 0.0113. The van der Waals surface area contributed by atoms with Crippen LogP contribution in [0.3, 0.4) is 0 Å². The first-order chi connectivity index (χ1) is 17.4. The second-order valence-corrected chi connectivity index (χ2v) is 8.83. The van der Waals surface area contributed by atoms with E-state index < -0.39 is 36.1 Å². The highest BCUT2D eigenvalue weighted by molar-refractivity contribution is 5.91. The van der Waals surface area contributed by atoms with E-state index in [0.29, 0.717) is 0 Å². The van der Waals surface area contributed by atoms with Gasteiger partial charge in [-0.1, -0.05) is 84.9 Å². The Hall–Kier alpha value is -4.17. The molecule has 8 heteroatoms. The number of nitrogens with two attached hydrogens (primary N) is 1. The number of aliphatic hydroxyl groups excluding tert-OH is 1. The molecule has 0 radical (unpaired) electrons. The molecule has 1 heterocycles. The maximum absolute atomic E-state index is 13.0. The van der Waals surface area contributed by atoms with E-state index in [-0.39, 0.29) is 26.0 Å². The van der Waals surface area contributed by atoms with Crippen LogP contribution in [-0.2, 0) is 27.4 Å². The Kier molecular flexibility index (Phi) is 7.97. The van der Waals surface area contributed by atoms with Crippen molar-refractivity contribution in [3.05, 3.63) is 96.1 Å². The molecule has 0 aliphatic carbocycles. The topological polar surface area (TPSA) is 122 Å². The molecule has 1 fully saturated rings. The number of nitrogens with one attached hydrogen (secondary N) is 1. The highest BCUT2D eigenvalue weighted by Crippen LogP contribution is 2.22. The molecular formula is C28H29N3O5. The molecule has 0 spiro atoms. The van der Waals surface area contributed by atoms with Gasteiger partial charge in [0, 0.05) is 12.8 Å². The molecule has 0 unspecified atom stereocenters. The van der Waals surface area contributed by atoms with Gasteiger partial charge in [-0.2, -0.15) is 0 Å². The lowest BCUT2D eigenvalue weighted by Crippen LogP contribution is -2.53. The zero-order chi connectivity index (χ0) is 25.5. The number of ether oxygens (including phenoxy) is 1. The molecule has 8 nitrogen and oxygen atoms in total. The number of rotatable bonds is 8. The normalized spacial score (nSPS) is 17.9. The minimum atomic E-state index is -0.972. The number of primary amides is 1. The van der Waals surface area contributed by atoms with Gasteiger partial charge in [-0.3, -0.25) is 14.5 Å². The number of hydrogen-bond donors (Lipinski definition) is 3. The van der Waals surface area contributed by atoms with Gasteiger partial charge in [-0.15, -0.1) is 0 Å². The van der Waals surface area contributed by atoms with Crippen LogP contribution >= 0.6 is 0 Å². The summed E-state index contributed by atoms with van der Waals surface area (Å²) in [6, 6.07) is 24.8. The van der Waals surface area contributed by atoms with Crippen LogP contribution in [0.15, 0.2) is 84.9 Å². The SMILES string of the molecule is NC(=O)[C@@H](Cc1ccc(-c2ccccc2)cc1)NC(=O)[C@@H]1C[C@@H](O)CN1C(=O)OCc1ccccc1. The summed E-state index contributed by atoms with van der Waals surface area (Å²) in [6.07, 6.45) is -1.34. The van der Waals surface area contributed by atoms with Crippen LogP contribution in [0.25, 0.3) is 11.1 Å².